The number of ether oxygens (including phenoxy) is 1. The normalized spacial score (nSPS) is 16.6. The Bertz CT molecular complexity index is 1210. The number of anilines is 1. The van der Waals surface area contributed by atoms with Crippen LogP contribution in [0.5, 0.6) is 5.75 Å². The van der Waals surface area contributed by atoms with E-state index in [1.54, 1.807) is 13.3 Å². The monoisotopic (exact) mass is 519 g/mol. The molecule has 200 valence electrons. The van der Waals surface area contributed by atoms with Crippen LogP contribution in [0.4, 0.5) is 23.2 Å². The van der Waals surface area contributed by atoms with Gasteiger partial charge in [-0.3, -0.25) is 4.98 Å². The number of nitrogens with zero attached hydrogens (tertiary/aromatic N) is 2. The minimum atomic E-state index is -1.48. The van der Waals surface area contributed by atoms with Crippen LogP contribution in [-0.2, 0) is 0 Å². The third kappa shape index (κ3) is 6.15. The second-order valence-electron chi connectivity index (χ2n) is 9.92. The van der Waals surface area contributed by atoms with E-state index < -0.39 is 23.6 Å². The van der Waals surface area contributed by atoms with Crippen molar-refractivity contribution in [1.29, 1.82) is 0 Å². The van der Waals surface area contributed by atoms with Crippen molar-refractivity contribution in [1.82, 2.24) is 9.88 Å². The molecule has 0 aliphatic carbocycles. The number of alkyl halides is 1. The number of likely N-dealkylation sites (tertiary alicyclic amines) is 1. The van der Waals surface area contributed by atoms with Gasteiger partial charge in [-0.05, 0) is 80.4 Å². The number of aryl methyl sites for hydroxylation is 1. The molecule has 0 amide bonds. The number of benzene rings is 2. The van der Waals surface area contributed by atoms with Gasteiger partial charge in [0.25, 0.3) is 0 Å². The Balaban J connectivity index is 1.32. The maximum absolute atomic E-state index is 15.7. The van der Waals surface area contributed by atoms with Gasteiger partial charge in [0.2, 0.25) is 0 Å². The molecule has 4 rings (SSSR count). The summed E-state index contributed by atoms with van der Waals surface area (Å²) in [5.74, 6) is -3.29. The lowest BCUT2D eigenvalue weighted by Gasteiger charge is -2.41. The van der Waals surface area contributed by atoms with Gasteiger partial charge in [0.15, 0.2) is 17.5 Å². The summed E-state index contributed by atoms with van der Waals surface area (Å²) in [5, 5.41) is 13.9. The van der Waals surface area contributed by atoms with Crippen LogP contribution in [0, 0.1) is 29.8 Å². The van der Waals surface area contributed by atoms with E-state index in [2.05, 4.69) is 15.2 Å². The fourth-order valence-electron chi connectivity index (χ4n) is 5.17. The van der Waals surface area contributed by atoms with Gasteiger partial charge in [0.1, 0.15) is 11.9 Å². The molecule has 3 aromatic rings. The van der Waals surface area contributed by atoms with E-state index in [9.17, 15) is 18.3 Å². The summed E-state index contributed by atoms with van der Waals surface area (Å²) in [4.78, 5) is 6.61. The fourth-order valence-corrected chi connectivity index (χ4v) is 5.17. The first-order valence-corrected chi connectivity index (χ1v) is 12.5. The number of aliphatic hydroxyl groups excluding tert-OH is 1. The van der Waals surface area contributed by atoms with Gasteiger partial charge in [-0.1, -0.05) is 0 Å². The molecule has 0 spiro atoms. The molecule has 37 heavy (non-hydrogen) atoms. The predicted octanol–water partition coefficient (Wildman–Crippen LogP) is 5.95. The standard InChI is InChI=1S/C28H33F4N3O2/c1-18-16-34-25-4-3-20(37-2)15-21(25)26(18)22(29)5-6-28(17-36)7-10-35(11-8-28)12-9-33-19-13-23(30)27(32)24(31)14-19/h3-4,13-16,22,33,36H,5-12,17H2,1-2H3/t22-/m0/s1. The number of rotatable bonds is 10. The molecule has 0 saturated carbocycles. The average Bonchev–Trinajstić information content (AvgIpc) is 2.90. The van der Waals surface area contributed by atoms with Gasteiger partial charge >= 0.3 is 0 Å². The predicted molar refractivity (Wildman–Crippen MR) is 136 cm³/mol. The van der Waals surface area contributed by atoms with Crippen LogP contribution in [0.2, 0.25) is 0 Å². The first kappa shape index (κ1) is 27.1. The highest BCUT2D eigenvalue weighted by molar-refractivity contribution is 5.84. The largest absolute Gasteiger partial charge is 0.497 e. The Labute approximate surface area is 214 Å². The van der Waals surface area contributed by atoms with E-state index in [4.69, 9.17) is 4.74 Å². The molecule has 2 N–H and O–H groups in total. The molecule has 0 radical (unpaired) electrons. The lowest BCUT2D eigenvalue weighted by atomic mass is 9.74. The third-order valence-electron chi connectivity index (χ3n) is 7.55. The van der Waals surface area contributed by atoms with Gasteiger partial charge in [0.05, 0.1) is 12.6 Å². The summed E-state index contributed by atoms with van der Waals surface area (Å²) in [6.07, 6.45) is 2.79. The number of aliphatic hydroxyl groups is 1. The Hall–Kier alpha value is -2.91. The van der Waals surface area contributed by atoms with Crippen molar-refractivity contribution in [3.05, 3.63) is 65.1 Å². The summed E-state index contributed by atoms with van der Waals surface area (Å²) in [6.45, 7) is 4.35. The fraction of sp³-hybridized carbons (Fsp3) is 0.464. The number of halogens is 4. The van der Waals surface area contributed by atoms with Crippen LogP contribution >= 0.6 is 0 Å². The zero-order valence-corrected chi connectivity index (χ0v) is 21.2. The minimum Gasteiger partial charge on any atom is -0.497 e. The molecular formula is C28H33F4N3O2. The molecule has 0 unspecified atom stereocenters. The van der Waals surface area contributed by atoms with Gasteiger partial charge in [-0.25, -0.2) is 17.6 Å². The lowest BCUT2D eigenvalue weighted by molar-refractivity contribution is 0.0315. The zero-order valence-electron chi connectivity index (χ0n) is 21.2. The topological polar surface area (TPSA) is 57.6 Å². The Kier molecular flexibility index (Phi) is 8.54. The zero-order chi connectivity index (χ0) is 26.6. The quantitative estimate of drug-likeness (QED) is 0.256. The molecule has 2 aromatic carbocycles. The Morgan fingerprint density at radius 2 is 1.84 bits per heavy atom. The number of nitrogens with one attached hydrogen (secondary N) is 1. The van der Waals surface area contributed by atoms with E-state index in [1.165, 1.54) is 0 Å². The Morgan fingerprint density at radius 3 is 2.49 bits per heavy atom. The molecular weight excluding hydrogens is 486 g/mol. The van der Waals surface area contributed by atoms with Crippen LogP contribution in [0.3, 0.4) is 0 Å². The summed E-state index contributed by atoms with van der Waals surface area (Å²) in [5.41, 5.74) is 1.95. The second kappa shape index (κ2) is 11.6. The van der Waals surface area contributed by atoms with E-state index in [-0.39, 0.29) is 17.7 Å². The molecule has 1 aromatic heterocycles. The number of hydrogen-bond donors (Lipinski definition) is 2. The molecule has 1 aliphatic rings. The van der Waals surface area contributed by atoms with Crippen LogP contribution in [0.25, 0.3) is 10.9 Å². The number of aromatic nitrogens is 1. The van der Waals surface area contributed by atoms with E-state index in [0.717, 1.165) is 49.0 Å². The number of fused-ring (bicyclic) bond motifs is 1. The molecule has 1 atom stereocenters. The van der Waals surface area contributed by atoms with E-state index >= 15 is 4.39 Å². The highest BCUT2D eigenvalue weighted by atomic mass is 19.2. The van der Waals surface area contributed by atoms with Crippen molar-refractivity contribution in [2.75, 3.05) is 45.2 Å². The molecule has 5 nitrogen and oxygen atoms in total. The van der Waals surface area contributed by atoms with Crippen molar-refractivity contribution in [2.45, 2.75) is 38.8 Å². The van der Waals surface area contributed by atoms with E-state index in [1.807, 2.05) is 25.1 Å². The smallest absolute Gasteiger partial charge is 0.194 e. The molecule has 0 bridgehead atoms. The maximum Gasteiger partial charge on any atom is 0.194 e. The summed E-state index contributed by atoms with van der Waals surface area (Å²) < 4.78 is 60.9. The van der Waals surface area contributed by atoms with Crippen LogP contribution in [0.15, 0.2) is 36.5 Å². The van der Waals surface area contributed by atoms with Gasteiger partial charge < -0.3 is 20.1 Å². The van der Waals surface area contributed by atoms with Gasteiger partial charge in [-0.15, -0.1) is 0 Å². The van der Waals surface area contributed by atoms with Crippen molar-refractivity contribution in [3.8, 4) is 5.75 Å². The van der Waals surface area contributed by atoms with Crippen LogP contribution < -0.4 is 10.1 Å². The van der Waals surface area contributed by atoms with Crippen molar-refractivity contribution >= 4 is 16.6 Å². The third-order valence-corrected chi connectivity index (χ3v) is 7.55. The molecule has 2 heterocycles. The van der Waals surface area contributed by atoms with Crippen LogP contribution in [-0.4, -0.2) is 54.9 Å². The second-order valence-corrected chi connectivity index (χ2v) is 9.92. The van der Waals surface area contributed by atoms with Gasteiger partial charge in [-0.2, -0.15) is 0 Å². The van der Waals surface area contributed by atoms with Crippen molar-refractivity contribution < 1.29 is 27.4 Å². The molecule has 9 heteroatoms. The Morgan fingerprint density at radius 1 is 1.14 bits per heavy atom. The maximum atomic E-state index is 15.7. The van der Waals surface area contributed by atoms with Gasteiger partial charge in [0, 0.05) is 49.1 Å². The van der Waals surface area contributed by atoms with Crippen molar-refractivity contribution in [2.24, 2.45) is 5.41 Å². The number of pyridine rings is 1. The number of hydrogen-bond acceptors (Lipinski definition) is 5. The summed E-state index contributed by atoms with van der Waals surface area (Å²) in [6, 6.07) is 7.32. The average molecular weight is 520 g/mol. The molecule has 1 fully saturated rings. The number of methoxy groups -OCH3 is 1. The highest BCUT2D eigenvalue weighted by Gasteiger charge is 2.35. The number of piperidine rings is 1. The minimum absolute atomic E-state index is 0.0101. The molecule has 1 aliphatic heterocycles. The van der Waals surface area contributed by atoms with Crippen LogP contribution in [0.1, 0.15) is 43.0 Å². The summed E-state index contributed by atoms with van der Waals surface area (Å²) in [7, 11) is 1.58. The first-order chi connectivity index (χ1) is 17.7. The highest BCUT2D eigenvalue weighted by Crippen LogP contribution is 2.40. The first-order valence-electron chi connectivity index (χ1n) is 12.5. The lowest BCUT2D eigenvalue weighted by Crippen LogP contribution is -2.43. The SMILES string of the molecule is COc1ccc2ncc(C)c([C@@H](F)CCC3(CO)CCN(CCNc4cc(F)c(F)c(F)c4)CC3)c2c1. The van der Waals surface area contributed by atoms with E-state index in [0.29, 0.717) is 42.8 Å². The van der Waals surface area contributed by atoms with Crippen molar-refractivity contribution in [3.63, 3.8) is 0 Å². The molecule has 1 saturated heterocycles. The summed E-state index contributed by atoms with van der Waals surface area (Å²) >= 11 is 0.